The van der Waals surface area contributed by atoms with Crippen molar-refractivity contribution in [3.8, 4) is 34.3 Å². The molecule has 10 heteroatoms. The van der Waals surface area contributed by atoms with E-state index in [0.29, 0.717) is 29.0 Å². The van der Waals surface area contributed by atoms with Crippen molar-refractivity contribution in [3.05, 3.63) is 57.8 Å². The zero-order valence-corrected chi connectivity index (χ0v) is 24.4. The molecule has 0 bridgehead atoms. The number of ether oxygens (including phenoxy) is 7. The summed E-state index contributed by atoms with van der Waals surface area (Å²) in [6.45, 7) is 6.05. The smallest absolute Gasteiger partial charge is 0.239 e. The Bertz CT molecular complexity index is 1420. The summed E-state index contributed by atoms with van der Waals surface area (Å²) >= 11 is 0. The van der Waals surface area contributed by atoms with Crippen molar-refractivity contribution in [2.24, 2.45) is 0 Å². The molecule has 10 nitrogen and oxygen atoms in total. The van der Waals surface area contributed by atoms with Gasteiger partial charge in [0, 0.05) is 38.5 Å². The Kier molecular flexibility index (Phi) is 9.93. The Labute approximate surface area is 239 Å². The van der Waals surface area contributed by atoms with Gasteiger partial charge in [-0.2, -0.15) is 0 Å². The minimum atomic E-state index is -0.538. The molecule has 1 saturated heterocycles. The van der Waals surface area contributed by atoms with E-state index in [-0.39, 0.29) is 60.3 Å². The molecule has 0 aliphatic carbocycles. The molecule has 4 rings (SSSR count). The van der Waals surface area contributed by atoms with Gasteiger partial charge in [-0.1, -0.05) is 11.6 Å². The number of fused-ring (bicyclic) bond motifs is 1. The molecule has 0 radical (unpaired) electrons. The van der Waals surface area contributed by atoms with Gasteiger partial charge in [-0.25, -0.2) is 0 Å². The van der Waals surface area contributed by atoms with E-state index < -0.39 is 5.43 Å². The maximum absolute atomic E-state index is 13.8. The largest absolute Gasteiger partial charge is 0.507 e. The van der Waals surface area contributed by atoms with Crippen molar-refractivity contribution in [2.45, 2.75) is 51.7 Å². The second-order valence-corrected chi connectivity index (χ2v) is 10.3. The molecule has 1 fully saturated rings. The lowest BCUT2D eigenvalue weighted by atomic mass is 10.00. The van der Waals surface area contributed by atoms with E-state index in [0.717, 1.165) is 18.4 Å². The van der Waals surface area contributed by atoms with Crippen LogP contribution in [0.4, 0.5) is 0 Å². The predicted molar refractivity (Wildman–Crippen MR) is 153 cm³/mol. The summed E-state index contributed by atoms with van der Waals surface area (Å²) in [7, 11) is 4.49. The lowest BCUT2D eigenvalue weighted by molar-refractivity contribution is 0.0493. The van der Waals surface area contributed by atoms with Gasteiger partial charge in [0.25, 0.3) is 0 Å². The van der Waals surface area contributed by atoms with Crippen LogP contribution in [-0.4, -0.2) is 58.5 Å². The fraction of sp³-hybridized carbons (Fsp3) is 0.452. The first-order valence-corrected chi connectivity index (χ1v) is 13.3. The van der Waals surface area contributed by atoms with E-state index in [1.807, 2.05) is 13.0 Å². The number of phenolic OH excluding ortho intramolecular Hbond substituents is 1. The normalized spacial score (nSPS) is 16.1. The summed E-state index contributed by atoms with van der Waals surface area (Å²) in [6.07, 6.45) is 4.37. The third-order valence-corrected chi connectivity index (χ3v) is 6.91. The van der Waals surface area contributed by atoms with E-state index in [2.05, 4.69) is 13.8 Å². The highest BCUT2D eigenvalue weighted by atomic mass is 16.7. The number of epoxide rings is 1. The van der Waals surface area contributed by atoms with Crippen molar-refractivity contribution < 1.29 is 42.7 Å². The number of allylic oxidation sites excluding steroid dienone is 2. The third-order valence-electron chi connectivity index (χ3n) is 6.91. The van der Waals surface area contributed by atoms with Crippen molar-refractivity contribution >= 4 is 11.0 Å². The molecule has 2 heterocycles. The summed E-state index contributed by atoms with van der Waals surface area (Å²) < 4.78 is 43.9. The van der Waals surface area contributed by atoms with Crippen LogP contribution in [0.5, 0.6) is 23.0 Å². The van der Waals surface area contributed by atoms with Crippen LogP contribution in [0.1, 0.15) is 39.2 Å². The van der Waals surface area contributed by atoms with Crippen molar-refractivity contribution in [1.29, 1.82) is 0 Å². The Balaban J connectivity index is 1.75. The highest BCUT2D eigenvalue weighted by Gasteiger charge is 2.46. The maximum atomic E-state index is 13.8. The Morgan fingerprint density at radius 1 is 1.00 bits per heavy atom. The number of rotatable bonds is 15. The fourth-order valence-electron chi connectivity index (χ4n) is 4.53. The molecule has 2 aromatic carbocycles. The Hall–Kier alpha value is -3.57. The quantitative estimate of drug-likeness (QED) is 0.141. The molecule has 0 spiro atoms. The van der Waals surface area contributed by atoms with Crippen LogP contribution in [0.3, 0.4) is 0 Å². The van der Waals surface area contributed by atoms with E-state index in [4.69, 9.17) is 37.6 Å². The topological polar surface area (TPSA) is 118 Å². The van der Waals surface area contributed by atoms with E-state index >= 15 is 0 Å². The lowest BCUT2D eigenvalue weighted by Gasteiger charge is -2.16. The molecule has 0 saturated carbocycles. The van der Waals surface area contributed by atoms with Crippen LogP contribution in [0.15, 0.2) is 51.2 Å². The van der Waals surface area contributed by atoms with Crippen molar-refractivity contribution in [2.75, 3.05) is 41.7 Å². The summed E-state index contributed by atoms with van der Waals surface area (Å²) in [5.41, 5.74) is 1.67. The number of aromatic hydroxyl groups is 1. The highest BCUT2D eigenvalue weighted by molar-refractivity contribution is 5.90. The van der Waals surface area contributed by atoms with E-state index in [1.165, 1.54) is 21.3 Å². The van der Waals surface area contributed by atoms with Gasteiger partial charge in [-0.15, -0.1) is 0 Å². The van der Waals surface area contributed by atoms with Gasteiger partial charge < -0.3 is 42.7 Å². The van der Waals surface area contributed by atoms with Crippen LogP contribution in [0.2, 0.25) is 0 Å². The monoisotopic (exact) mass is 570 g/mol. The van der Waals surface area contributed by atoms with Gasteiger partial charge in [-0.3, -0.25) is 4.79 Å². The summed E-state index contributed by atoms with van der Waals surface area (Å²) in [4.78, 5) is 13.8. The average Bonchev–Trinajstić information content (AvgIpc) is 3.58. The number of benzene rings is 2. The second kappa shape index (κ2) is 13.4. The number of hydrogen-bond acceptors (Lipinski definition) is 10. The van der Waals surface area contributed by atoms with Gasteiger partial charge >= 0.3 is 0 Å². The summed E-state index contributed by atoms with van der Waals surface area (Å²) in [5, 5.41) is 11.4. The molecule has 1 aliphatic heterocycles. The standard InChI is InChI=1S/C31H38O10/c1-19(8-14-25-31(2,3)41-25)7-13-22-23(38-17-35-5)15-24-26(27(22)32)28(33)30(39-18-36-6)29(40-24)20-9-11-21(12-10-20)37-16-34-4/h7,9-12,15,25,32H,8,13-14,16-18H2,1-6H3/b19-7+/t25-/m0/s1. The minimum Gasteiger partial charge on any atom is -0.507 e. The molecule has 0 unspecified atom stereocenters. The SMILES string of the molecule is COCOc1ccc(-c2oc3cc(OCOC)c(C/C=C(\C)CC[C@@H]4OC4(C)C)c(O)c3c(=O)c2OCOC)cc1. The molecule has 1 atom stereocenters. The molecular weight excluding hydrogens is 532 g/mol. The third kappa shape index (κ3) is 7.20. The van der Waals surface area contributed by atoms with Crippen LogP contribution in [-0.2, 0) is 25.4 Å². The molecule has 222 valence electrons. The van der Waals surface area contributed by atoms with Crippen LogP contribution in [0.25, 0.3) is 22.3 Å². The minimum absolute atomic E-state index is 0.0150. The first kappa shape index (κ1) is 30.4. The first-order valence-electron chi connectivity index (χ1n) is 13.3. The summed E-state index contributed by atoms with van der Waals surface area (Å²) in [6, 6.07) is 8.49. The maximum Gasteiger partial charge on any atom is 0.239 e. The highest BCUT2D eigenvalue weighted by Crippen LogP contribution is 2.41. The molecule has 1 N–H and O–H groups in total. The van der Waals surface area contributed by atoms with Crippen LogP contribution >= 0.6 is 0 Å². The molecule has 41 heavy (non-hydrogen) atoms. The zero-order chi connectivity index (χ0) is 29.6. The molecule has 1 aliphatic rings. The van der Waals surface area contributed by atoms with Crippen molar-refractivity contribution in [1.82, 2.24) is 0 Å². The molecule has 3 aromatic rings. The van der Waals surface area contributed by atoms with Gasteiger partial charge in [0.05, 0.1) is 11.7 Å². The zero-order valence-electron chi connectivity index (χ0n) is 24.4. The Morgan fingerprint density at radius 3 is 2.27 bits per heavy atom. The van der Waals surface area contributed by atoms with Gasteiger partial charge in [-0.05, 0) is 64.3 Å². The Morgan fingerprint density at radius 2 is 1.63 bits per heavy atom. The number of phenols is 1. The van der Waals surface area contributed by atoms with Crippen LogP contribution in [0, 0.1) is 0 Å². The predicted octanol–water partition coefficient (Wildman–Crippen LogP) is 5.56. The molecule has 0 amide bonds. The van der Waals surface area contributed by atoms with Crippen LogP contribution < -0.4 is 19.6 Å². The number of hydrogen-bond donors (Lipinski definition) is 1. The van der Waals surface area contributed by atoms with E-state index in [1.54, 1.807) is 30.3 Å². The van der Waals surface area contributed by atoms with Gasteiger partial charge in [0.2, 0.25) is 11.2 Å². The fourth-order valence-corrected chi connectivity index (χ4v) is 4.53. The summed E-state index contributed by atoms with van der Waals surface area (Å²) in [5.74, 6) is 0.761. The first-order chi connectivity index (χ1) is 19.7. The van der Waals surface area contributed by atoms with E-state index in [9.17, 15) is 9.90 Å². The van der Waals surface area contributed by atoms with Crippen molar-refractivity contribution in [3.63, 3.8) is 0 Å². The lowest BCUT2D eigenvalue weighted by Crippen LogP contribution is -2.13. The average molecular weight is 571 g/mol. The second-order valence-electron chi connectivity index (χ2n) is 10.3. The number of methoxy groups -OCH3 is 3. The molecule has 1 aromatic heterocycles. The van der Waals surface area contributed by atoms with Gasteiger partial charge in [0.1, 0.15) is 28.2 Å². The van der Waals surface area contributed by atoms with Gasteiger partial charge in [0.15, 0.2) is 26.1 Å². The molecular formula is C31H38O10.